The van der Waals surface area contributed by atoms with E-state index in [9.17, 15) is 14.7 Å². The van der Waals surface area contributed by atoms with Crippen molar-refractivity contribution in [2.45, 2.75) is 0 Å². The summed E-state index contributed by atoms with van der Waals surface area (Å²) in [4.78, 5) is 22.3. The van der Waals surface area contributed by atoms with Crippen molar-refractivity contribution in [3.05, 3.63) is 29.3 Å². The molecule has 19 heavy (non-hydrogen) atoms. The topological polar surface area (TPSA) is 82.1 Å². The third kappa shape index (κ3) is 3.48. The highest BCUT2D eigenvalue weighted by molar-refractivity contribution is 5.97. The molecule has 0 heterocycles. The van der Waals surface area contributed by atoms with Gasteiger partial charge in [0.1, 0.15) is 17.1 Å². The minimum absolute atomic E-state index is 0.0524. The Hall–Kier alpha value is -2.50. The Kier molecular flexibility index (Phi) is 4.93. The minimum Gasteiger partial charge on any atom is -0.497 e. The summed E-state index contributed by atoms with van der Waals surface area (Å²) >= 11 is 0. The van der Waals surface area contributed by atoms with Gasteiger partial charge in [0, 0.05) is 12.1 Å². The molecule has 0 aliphatic carbocycles. The molecule has 6 heteroatoms. The molecule has 0 fully saturated rings. The number of esters is 1. The fourth-order valence-corrected chi connectivity index (χ4v) is 1.48. The Morgan fingerprint density at radius 2 is 1.84 bits per heavy atom. The normalized spacial score (nSPS) is 10.3. The maximum atomic E-state index is 11.2. The molecule has 0 amide bonds. The number of carboxylic acid groups (broad SMARTS) is 1. The zero-order valence-corrected chi connectivity index (χ0v) is 10.8. The van der Waals surface area contributed by atoms with Crippen LogP contribution in [0.5, 0.6) is 11.5 Å². The van der Waals surface area contributed by atoms with Crippen molar-refractivity contribution >= 4 is 18.0 Å². The quantitative estimate of drug-likeness (QED) is 0.643. The summed E-state index contributed by atoms with van der Waals surface area (Å²) in [5.74, 6) is -1.18. The molecule has 0 aliphatic rings. The molecule has 0 atom stereocenters. The number of hydrogen-bond acceptors (Lipinski definition) is 5. The van der Waals surface area contributed by atoms with Crippen LogP contribution in [0.25, 0.3) is 6.08 Å². The fourth-order valence-electron chi connectivity index (χ4n) is 1.48. The summed E-state index contributed by atoms with van der Waals surface area (Å²) in [5, 5.41) is 9.19. The zero-order chi connectivity index (χ0) is 14.4. The number of methoxy groups -OCH3 is 3. The molecule has 1 aromatic rings. The number of benzene rings is 1. The number of ether oxygens (including phenoxy) is 3. The van der Waals surface area contributed by atoms with Gasteiger partial charge in [0.15, 0.2) is 0 Å². The second kappa shape index (κ2) is 6.44. The van der Waals surface area contributed by atoms with Crippen molar-refractivity contribution in [3.63, 3.8) is 0 Å². The smallest absolute Gasteiger partial charge is 0.340 e. The van der Waals surface area contributed by atoms with Crippen LogP contribution < -0.4 is 9.47 Å². The highest BCUT2D eigenvalue weighted by atomic mass is 16.5. The molecule has 6 nitrogen and oxygen atoms in total. The first-order chi connectivity index (χ1) is 9.03. The first-order valence-corrected chi connectivity index (χ1v) is 5.28. The van der Waals surface area contributed by atoms with E-state index in [2.05, 4.69) is 4.74 Å². The molecule has 0 saturated heterocycles. The van der Waals surface area contributed by atoms with Gasteiger partial charge >= 0.3 is 11.9 Å². The van der Waals surface area contributed by atoms with Crippen LogP contribution >= 0.6 is 0 Å². The van der Waals surface area contributed by atoms with Crippen LogP contribution in [0, 0.1) is 0 Å². The Morgan fingerprint density at radius 3 is 2.32 bits per heavy atom. The summed E-state index contributed by atoms with van der Waals surface area (Å²) < 4.78 is 14.5. The van der Waals surface area contributed by atoms with Crippen LogP contribution in [-0.4, -0.2) is 38.4 Å². The van der Waals surface area contributed by atoms with E-state index in [1.54, 1.807) is 0 Å². The van der Waals surface area contributed by atoms with Crippen molar-refractivity contribution < 1.29 is 28.9 Å². The molecule has 0 radical (unpaired) electrons. The maximum absolute atomic E-state index is 11.2. The second-order valence-electron chi connectivity index (χ2n) is 3.46. The second-order valence-corrected chi connectivity index (χ2v) is 3.46. The van der Waals surface area contributed by atoms with E-state index < -0.39 is 11.9 Å². The third-order valence-corrected chi connectivity index (χ3v) is 2.38. The average Bonchev–Trinajstić information content (AvgIpc) is 2.42. The lowest BCUT2D eigenvalue weighted by molar-refractivity contribution is -0.134. The van der Waals surface area contributed by atoms with Crippen LogP contribution in [0.4, 0.5) is 0 Å². The van der Waals surface area contributed by atoms with E-state index in [1.165, 1.54) is 39.5 Å². The van der Waals surface area contributed by atoms with Crippen molar-refractivity contribution in [1.82, 2.24) is 0 Å². The highest BCUT2D eigenvalue weighted by Crippen LogP contribution is 2.29. The largest absolute Gasteiger partial charge is 0.497 e. The van der Waals surface area contributed by atoms with Gasteiger partial charge in [0.2, 0.25) is 0 Å². The zero-order valence-electron chi connectivity index (χ0n) is 10.8. The maximum Gasteiger partial charge on any atom is 0.340 e. The SMILES string of the molecule is COC(=O)/C=C/c1cc(OC)cc(OC)c1C(=O)O. The number of carbonyl (C=O) groups is 2. The van der Waals surface area contributed by atoms with Crippen molar-refractivity contribution in [1.29, 1.82) is 0 Å². The van der Waals surface area contributed by atoms with Crippen molar-refractivity contribution in [2.24, 2.45) is 0 Å². The molecule has 0 aromatic heterocycles. The Bertz CT molecular complexity index is 518. The molecule has 102 valence electrons. The van der Waals surface area contributed by atoms with Gasteiger partial charge in [-0.15, -0.1) is 0 Å². The van der Waals surface area contributed by atoms with E-state index in [0.717, 1.165) is 6.08 Å². The summed E-state index contributed by atoms with van der Waals surface area (Å²) in [6, 6.07) is 2.95. The predicted molar refractivity (Wildman–Crippen MR) is 67.6 cm³/mol. The summed E-state index contributed by atoms with van der Waals surface area (Å²) in [6.07, 6.45) is 2.46. The Morgan fingerprint density at radius 1 is 1.16 bits per heavy atom. The number of carboxylic acids is 1. The van der Waals surface area contributed by atoms with Crippen LogP contribution in [0.3, 0.4) is 0 Å². The van der Waals surface area contributed by atoms with Crippen LogP contribution in [0.1, 0.15) is 15.9 Å². The lowest BCUT2D eigenvalue weighted by Gasteiger charge is -2.10. The van der Waals surface area contributed by atoms with Gasteiger partial charge in [-0.3, -0.25) is 0 Å². The van der Waals surface area contributed by atoms with E-state index in [4.69, 9.17) is 9.47 Å². The highest BCUT2D eigenvalue weighted by Gasteiger charge is 2.17. The van der Waals surface area contributed by atoms with Gasteiger partial charge in [-0.1, -0.05) is 0 Å². The Balaban J connectivity index is 3.37. The van der Waals surface area contributed by atoms with Crippen molar-refractivity contribution in [2.75, 3.05) is 21.3 Å². The number of aromatic carboxylic acids is 1. The monoisotopic (exact) mass is 266 g/mol. The molecular formula is C13H14O6. The predicted octanol–water partition coefficient (Wildman–Crippen LogP) is 1.59. The van der Waals surface area contributed by atoms with Gasteiger partial charge in [0.25, 0.3) is 0 Å². The lowest BCUT2D eigenvalue weighted by atomic mass is 10.0. The molecule has 0 saturated carbocycles. The standard InChI is InChI=1S/C13H14O6/c1-17-9-6-8(4-5-11(14)19-3)12(13(15)16)10(7-9)18-2/h4-7H,1-3H3,(H,15,16)/b5-4+. The van der Waals surface area contributed by atoms with Crippen LogP contribution in [0.15, 0.2) is 18.2 Å². The number of rotatable bonds is 5. The van der Waals surface area contributed by atoms with Gasteiger partial charge in [-0.2, -0.15) is 0 Å². The van der Waals surface area contributed by atoms with Gasteiger partial charge < -0.3 is 19.3 Å². The minimum atomic E-state index is -1.16. The molecular weight excluding hydrogens is 252 g/mol. The summed E-state index contributed by atoms with van der Waals surface area (Å²) in [7, 11) is 4.04. The fraction of sp³-hybridized carbons (Fsp3) is 0.231. The van der Waals surface area contributed by atoms with E-state index in [1.807, 2.05) is 0 Å². The molecule has 0 bridgehead atoms. The lowest BCUT2D eigenvalue weighted by Crippen LogP contribution is -2.04. The van der Waals surface area contributed by atoms with Crippen molar-refractivity contribution in [3.8, 4) is 11.5 Å². The molecule has 0 spiro atoms. The summed E-state index contributed by atoms with van der Waals surface area (Å²) in [5.41, 5.74) is 0.234. The molecule has 1 rings (SSSR count). The van der Waals surface area contributed by atoms with Gasteiger partial charge in [-0.05, 0) is 17.7 Å². The molecule has 1 aromatic carbocycles. The molecule has 0 aliphatic heterocycles. The first kappa shape index (κ1) is 14.6. The third-order valence-electron chi connectivity index (χ3n) is 2.38. The first-order valence-electron chi connectivity index (χ1n) is 5.28. The average molecular weight is 266 g/mol. The van der Waals surface area contributed by atoms with Gasteiger partial charge in [0.05, 0.1) is 21.3 Å². The number of hydrogen-bond donors (Lipinski definition) is 1. The van der Waals surface area contributed by atoms with Gasteiger partial charge in [-0.25, -0.2) is 9.59 Å². The van der Waals surface area contributed by atoms with E-state index in [-0.39, 0.29) is 16.9 Å². The number of carbonyl (C=O) groups excluding carboxylic acids is 1. The van der Waals surface area contributed by atoms with Crippen LogP contribution in [-0.2, 0) is 9.53 Å². The van der Waals surface area contributed by atoms with E-state index in [0.29, 0.717) is 5.75 Å². The summed E-state index contributed by atoms with van der Waals surface area (Å²) in [6.45, 7) is 0. The molecule has 0 unspecified atom stereocenters. The molecule has 1 N–H and O–H groups in total. The Labute approximate surface area is 110 Å². The van der Waals surface area contributed by atoms with Crippen LogP contribution in [0.2, 0.25) is 0 Å². The van der Waals surface area contributed by atoms with E-state index >= 15 is 0 Å².